The van der Waals surface area contributed by atoms with Crippen LogP contribution in [-0.2, 0) is 0 Å². The molecule has 0 aliphatic rings. The van der Waals surface area contributed by atoms with Crippen molar-refractivity contribution in [1.29, 1.82) is 0 Å². The molecule has 0 aromatic carbocycles. The van der Waals surface area contributed by atoms with Crippen LogP contribution in [0.3, 0.4) is 0 Å². The van der Waals surface area contributed by atoms with Crippen LogP contribution >= 0.6 is 0 Å². The monoisotopic (exact) mass is 144 g/mol. The highest BCUT2D eigenvalue weighted by molar-refractivity contribution is 5.80. The summed E-state index contributed by atoms with van der Waals surface area (Å²) in [5, 5.41) is 1.19. The van der Waals surface area contributed by atoms with Crippen molar-refractivity contribution in [2.45, 2.75) is 0 Å². The van der Waals surface area contributed by atoms with Gasteiger partial charge in [0.2, 0.25) is 0 Å². The van der Waals surface area contributed by atoms with Crippen LogP contribution < -0.4 is 0 Å². The highest BCUT2D eigenvalue weighted by Crippen LogP contribution is 2.12. The molecule has 0 spiro atoms. The number of rotatable bonds is 1. The second-order valence-electron chi connectivity index (χ2n) is 2.34. The molecule has 54 valence electrons. The predicted molar refractivity (Wildman–Crippen MR) is 46.1 cm³/mol. The van der Waals surface area contributed by atoms with Crippen molar-refractivity contribution >= 4 is 17.1 Å². The first kappa shape index (κ1) is 6.16. The molecule has 0 amide bonds. The van der Waals surface area contributed by atoms with Gasteiger partial charge in [0, 0.05) is 24.0 Å². The molecule has 11 heavy (non-hydrogen) atoms. The third-order valence-corrected chi connectivity index (χ3v) is 1.72. The molecule has 0 aliphatic carbocycles. The van der Waals surface area contributed by atoms with Gasteiger partial charge in [-0.2, -0.15) is 0 Å². The molecule has 0 radical (unpaired) electrons. The first-order valence-corrected chi connectivity index (χ1v) is 3.45. The average Bonchev–Trinajstić information content (AvgIpc) is 2.47. The largest absolute Gasteiger partial charge is 0.322 e. The Bertz CT molecular complexity index is 387. The number of fused-ring (bicyclic) bond motifs is 1. The highest BCUT2D eigenvalue weighted by atomic mass is 14.9. The average molecular weight is 144 g/mol. The molecular formula is C9H8N2. The second kappa shape index (κ2) is 2.23. The van der Waals surface area contributed by atoms with Crippen LogP contribution in [0.25, 0.3) is 17.1 Å². The molecule has 0 aliphatic heterocycles. The summed E-state index contributed by atoms with van der Waals surface area (Å²) in [6.45, 7) is 3.69. The van der Waals surface area contributed by atoms with E-state index in [0.29, 0.717) is 0 Å². The first-order chi connectivity index (χ1) is 5.42. The van der Waals surface area contributed by atoms with Crippen LogP contribution in [0.4, 0.5) is 0 Å². The lowest BCUT2D eigenvalue weighted by Gasteiger charge is -1.93. The van der Waals surface area contributed by atoms with Gasteiger partial charge in [0.1, 0.15) is 0 Å². The van der Waals surface area contributed by atoms with Crippen LogP contribution in [0, 0.1) is 0 Å². The van der Waals surface area contributed by atoms with E-state index in [1.54, 1.807) is 12.4 Å². The quantitative estimate of drug-likeness (QED) is 0.599. The van der Waals surface area contributed by atoms with E-state index in [1.807, 2.05) is 29.1 Å². The van der Waals surface area contributed by atoms with E-state index in [0.717, 1.165) is 5.52 Å². The van der Waals surface area contributed by atoms with Crippen molar-refractivity contribution < 1.29 is 0 Å². The Morgan fingerprint density at radius 1 is 1.45 bits per heavy atom. The maximum Gasteiger partial charge on any atom is 0.0707 e. The fourth-order valence-corrected chi connectivity index (χ4v) is 1.15. The van der Waals surface area contributed by atoms with Crippen LogP contribution in [0.15, 0.2) is 37.3 Å². The zero-order valence-corrected chi connectivity index (χ0v) is 6.07. The topological polar surface area (TPSA) is 17.8 Å². The maximum atomic E-state index is 4.03. The van der Waals surface area contributed by atoms with Crippen molar-refractivity contribution in [2.24, 2.45) is 0 Å². The SMILES string of the molecule is C=Cn1ccc2ccncc21. The van der Waals surface area contributed by atoms with Gasteiger partial charge in [0.25, 0.3) is 0 Å². The highest BCUT2D eigenvalue weighted by Gasteiger charge is 1.94. The van der Waals surface area contributed by atoms with Crippen molar-refractivity contribution in [3.8, 4) is 0 Å². The van der Waals surface area contributed by atoms with E-state index in [1.165, 1.54) is 5.39 Å². The van der Waals surface area contributed by atoms with Crippen molar-refractivity contribution in [1.82, 2.24) is 9.55 Å². The van der Waals surface area contributed by atoms with E-state index in [9.17, 15) is 0 Å². The Balaban J connectivity index is 2.86. The molecule has 2 rings (SSSR count). The lowest BCUT2D eigenvalue weighted by molar-refractivity contribution is 1.21. The molecular weight excluding hydrogens is 136 g/mol. The zero-order valence-electron chi connectivity index (χ0n) is 6.07. The van der Waals surface area contributed by atoms with Gasteiger partial charge in [-0.05, 0) is 12.1 Å². The lowest BCUT2D eigenvalue weighted by Crippen LogP contribution is -1.81. The van der Waals surface area contributed by atoms with Crippen LogP contribution in [0.1, 0.15) is 0 Å². The number of hydrogen-bond donors (Lipinski definition) is 0. The zero-order chi connectivity index (χ0) is 7.68. The van der Waals surface area contributed by atoms with Crippen molar-refractivity contribution in [3.05, 3.63) is 37.3 Å². The molecule has 0 unspecified atom stereocenters. The molecule has 0 fully saturated rings. The molecule has 2 heterocycles. The van der Waals surface area contributed by atoms with Gasteiger partial charge in [0.15, 0.2) is 0 Å². The maximum absolute atomic E-state index is 4.03. The third-order valence-electron chi connectivity index (χ3n) is 1.72. The van der Waals surface area contributed by atoms with E-state index < -0.39 is 0 Å². The van der Waals surface area contributed by atoms with E-state index in [2.05, 4.69) is 11.6 Å². The molecule has 0 bridgehead atoms. The molecule has 2 nitrogen and oxygen atoms in total. The van der Waals surface area contributed by atoms with Gasteiger partial charge in [0.05, 0.1) is 11.7 Å². The van der Waals surface area contributed by atoms with Crippen molar-refractivity contribution in [3.63, 3.8) is 0 Å². The van der Waals surface area contributed by atoms with E-state index in [-0.39, 0.29) is 0 Å². The van der Waals surface area contributed by atoms with Gasteiger partial charge >= 0.3 is 0 Å². The minimum atomic E-state index is 1.10. The summed E-state index contributed by atoms with van der Waals surface area (Å²) >= 11 is 0. The minimum Gasteiger partial charge on any atom is -0.322 e. The number of pyridine rings is 1. The van der Waals surface area contributed by atoms with Crippen LogP contribution in [-0.4, -0.2) is 9.55 Å². The first-order valence-electron chi connectivity index (χ1n) is 3.45. The predicted octanol–water partition coefficient (Wildman–Crippen LogP) is 2.14. The fraction of sp³-hybridized carbons (Fsp3) is 0. The summed E-state index contributed by atoms with van der Waals surface area (Å²) in [5.74, 6) is 0. The number of aromatic nitrogens is 2. The fourth-order valence-electron chi connectivity index (χ4n) is 1.15. The second-order valence-corrected chi connectivity index (χ2v) is 2.34. The molecule has 2 aromatic rings. The molecule has 2 heteroatoms. The standard InChI is InChI=1S/C9H8N2/c1-2-11-6-4-8-3-5-10-7-9(8)11/h2-7H,1H2. The Morgan fingerprint density at radius 3 is 3.18 bits per heavy atom. The Hall–Kier alpha value is -1.57. The summed E-state index contributed by atoms with van der Waals surface area (Å²) in [6.07, 6.45) is 7.36. The molecule has 2 aromatic heterocycles. The summed E-state index contributed by atoms with van der Waals surface area (Å²) in [5.41, 5.74) is 1.10. The Kier molecular flexibility index (Phi) is 1.25. The van der Waals surface area contributed by atoms with Gasteiger partial charge in [-0.15, -0.1) is 0 Å². The van der Waals surface area contributed by atoms with E-state index >= 15 is 0 Å². The van der Waals surface area contributed by atoms with Crippen LogP contribution in [0.2, 0.25) is 0 Å². The number of nitrogens with zero attached hydrogens (tertiary/aromatic N) is 2. The molecule has 0 N–H and O–H groups in total. The molecule has 0 atom stereocenters. The lowest BCUT2D eigenvalue weighted by atomic mass is 10.3. The van der Waals surface area contributed by atoms with Gasteiger partial charge < -0.3 is 4.57 Å². The Labute approximate surface area is 64.8 Å². The minimum absolute atomic E-state index is 1.10. The third kappa shape index (κ3) is 0.835. The van der Waals surface area contributed by atoms with Crippen LogP contribution in [0.5, 0.6) is 0 Å². The smallest absolute Gasteiger partial charge is 0.0707 e. The number of hydrogen-bond acceptors (Lipinski definition) is 1. The summed E-state index contributed by atoms with van der Waals surface area (Å²) in [6, 6.07) is 4.02. The summed E-state index contributed by atoms with van der Waals surface area (Å²) < 4.78 is 1.95. The van der Waals surface area contributed by atoms with E-state index in [4.69, 9.17) is 0 Å². The molecule has 0 saturated carbocycles. The summed E-state index contributed by atoms with van der Waals surface area (Å²) in [4.78, 5) is 4.03. The van der Waals surface area contributed by atoms with Gasteiger partial charge in [-0.25, -0.2) is 0 Å². The normalized spacial score (nSPS) is 10.2. The summed E-state index contributed by atoms with van der Waals surface area (Å²) in [7, 11) is 0. The molecule has 0 saturated heterocycles. The van der Waals surface area contributed by atoms with Gasteiger partial charge in [-0.3, -0.25) is 4.98 Å². The Morgan fingerprint density at radius 2 is 2.36 bits per heavy atom. The van der Waals surface area contributed by atoms with Gasteiger partial charge in [-0.1, -0.05) is 6.58 Å². The van der Waals surface area contributed by atoms with Crippen molar-refractivity contribution in [2.75, 3.05) is 0 Å².